The Hall–Kier alpha value is -7.68. The van der Waals surface area contributed by atoms with Crippen molar-refractivity contribution in [1.29, 1.82) is 0 Å². The number of amides is 2. The second-order valence-electron chi connectivity index (χ2n) is 10.3. The van der Waals surface area contributed by atoms with Gasteiger partial charge in [-0.3, -0.25) is 19.7 Å². The molecule has 2 amide bonds. The zero-order valence-corrected chi connectivity index (χ0v) is 26.1. The van der Waals surface area contributed by atoms with Crippen LogP contribution in [0.1, 0.15) is 52.6 Å². The van der Waals surface area contributed by atoms with Crippen molar-refractivity contribution >= 4 is 41.9 Å². The van der Waals surface area contributed by atoms with E-state index in [0.29, 0.717) is 11.1 Å². The SMILES string of the molecule is O=C(Oc1ccc(C=NNC(=O)c2ccccc2O)cc1)c1ccc(C(=O)Oc2ccc(C=NNC(=O)c3ccccc3O)cc2)c([N+](=O)[O-])c1. The Kier molecular flexibility index (Phi) is 10.8. The number of phenolic OH excluding ortho intramolecular Hbond substituents is 2. The van der Waals surface area contributed by atoms with Crippen LogP contribution in [0.2, 0.25) is 0 Å². The molecule has 0 heterocycles. The molecule has 0 aliphatic rings. The highest BCUT2D eigenvalue weighted by atomic mass is 16.6. The zero-order chi connectivity index (χ0) is 36.3. The predicted octanol–water partition coefficient (Wildman–Crippen LogP) is 4.97. The van der Waals surface area contributed by atoms with Crippen molar-refractivity contribution in [3.63, 3.8) is 0 Å². The topological polar surface area (TPSA) is 219 Å². The van der Waals surface area contributed by atoms with E-state index >= 15 is 0 Å². The van der Waals surface area contributed by atoms with Crippen LogP contribution in [0.25, 0.3) is 0 Å². The quantitative estimate of drug-likeness (QED) is 0.0480. The van der Waals surface area contributed by atoms with Crippen LogP contribution in [-0.4, -0.2) is 51.3 Å². The standard InChI is InChI=1S/C36H25N5O10/c42-31-7-3-1-5-28(31)33(44)39-37-20-22-9-14-25(15-10-22)50-35(46)24-13-18-27(30(19-24)41(48)49)36(47)51-26-16-11-23(12-17-26)21-38-40-34(45)29-6-2-4-8-32(29)43/h1-21,42-43H,(H,39,44)(H,40,45). The third kappa shape index (κ3) is 9.02. The summed E-state index contributed by atoms with van der Waals surface area (Å²) in [5.41, 5.74) is 4.41. The van der Waals surface area contributed by atoms with Crippen molar-refractivity contribution in [2.24, 2.45) is 10.2 Å². The minimum absolute atomic E-state index is 0.0431. The fourth-order valence-corrected chi connectivity index (χ4v) is 4.34. The molecule has 0 aromatic heterocycles. The molecule has 5 aromatic rings. The number of hydrogen-bond donors (Lipinski definition) is 4. The molecule has 0 unspecified atom stereocenters. The number of hydrogen-bond acceptors (Lipinski definition) is 12. The molecule has 0 saturated carbocycles. The molecule has 0 fully saturated rings. The van der Waals surface area contributed by atoms with Crippen LogP contribution < -0.4 is 20.3 Å². The number of benzene rings is 5. The molecule has 0 aliphatic carbocycles. The summed E-state index contributed by atoms with van der Waals surface area (Å²) in [7, 11) is 0. The van der Waals surface area contributed by atoms with Crippen LogP contribution in [0, 0.1) is 10.1 Å². The van der Waals surface area contributed by atoms with E-state index in [-0.39, 0.29) is 39.7 Å². The lowest BCUT2D eigenvalue weighted by atomic mass is 10.1. The molecule has 51 heavy (non-hydrogen) atoms. The van der Waals surface area contributed by atoms with Crippen molar-refractivity contribution in [3.8, 4) is 23.0 Å². The largest absolute Gasteiger partial charge is 0.507 e. The van der Waals surface area contributed by atoms with E-state index in [1.54, 1.807) is 24.3 Å². The summed E-state index contributed by atoms with van der Waals surface area (Å²) in [5, 5.41) is 39.0. The van der Waals surface area contributed by atoms with E-state index in [1.165, 1.54) is 91.3 Å². The first-order valence-corrected chi connectivity index (χ1v) is 14.7. The molecule has 254 valence electrons. The summed E-state index contributed by atoms with van der Waals surface area (Å²) >= 11 is 0. The number of rotatable bonds is 11. The van der Waals surface area contributed by atoms with Gasteiger partial charge in [0.1, 0.15) is 28.6 Å². The lowest BCUT2D eigenvalue weighted by Gasteiger charge is -2.08. The van der Waals surface area contributed by atoms with Crippen molar-refractivity contribution < 1.29 is 43.8 Å². The molecular formula is C36H25N5O10. The first-order chi connectivity index (χ1) is 24.6. The van der Waals surface area contributed by atoms with Crippen molar-refractivity contribution in [3.05, 3.63) is 159 Å². The van der Waals surface area contributed by atoms with Crippen LogP contribution in [0.4, 0.5) is 5.69 Å². The highest BCUT2D eigenvalue weighted by Crippen LogP contribution is 2.24. The van der Waals surface area contributed by atoms with Gasteiger partial charge in [0.05, 0.1) is 34.0 Å². The van der Waals surface area contributed by atoms with E-state index < -0.39 is 39.9 Å². The molecule has 0 atom stereocenters. The number of hydrazone groups is 2. The highest BCUT2D eigenvalue weighted by Gasteiger charge is 2.25. The Balaban J connectivity index is 1.16. The van der Waals surface area contributed by atoms with E-state index in [2.05, 4.69) is 21.1 Å². The Bertz CT molecular complexity index is 2180. The lowest BCUT2D eigenvalue weighted by Crippen LogP contribution is -2.17. The molecule has 5 aromatic carbocycles. The number of nitrogens with zero attached hydrogens (tertiary/aromatic N) is 3. The minimum atomic E-state index is -1.05. The molecule has 0 saturated heterocycles. The van der Waals surface area contributed by atoms with E-state index in [1.807, 2.05) is 0 Å². The number of para-hydroxylation sites is 2. The van der Waals surface area contributed by atoms with E-state index in [9.17, 15) is 39.5 Å². The number of carbonyl (C=O) groups excluding carboxylic acids is 4. The average molecular weight is 688 g/mol. The van der Waals surface area contributed by atoms with Gasteiger partial charge < -0.3 is 19.7 Å². The van der Waals surface area contributed by atoms with Gasteiger partial charge in [0.25, 0.3) is 17.5 Å². The maximum atomic E-state index is 12.9. The van der Waals surface area contributed by atoms with Gasteiger partial charge in [0, 0.05) is 6.07 Å². The van der Waals surface area contributed by atoms with Crippen LogP contribution in [0.3, 0.4) is 0 Å². The molecule has 0 bridgehead atoms. The van der Waals surface area contributed by atoms with E-state index in [4.69, 9.17) is 9.47 Å². The normalized spacial score (nSPS) is 10.8. The summed E-state index contributed by atoms with van der Waals surface area (Å²) in [6.45, 7) is 0. The molecule has 4 N–H and O–H groups in total. The average Bonchev–Trinajstić information content (AvgIpc) is 3.13. The van der Waals surface area contributed by atoms with Gasteiger partial charge in [-0.1, -0.05) is 24.3 Å². The van der Waals surface area contributed by atoms with Crippen LogP contribution >= 0.6 is 0 Å². The number of nitrogens with one attached hydrogen (secondary N) is 2. The Morgan fingerprint density at radius 3 is 1.51 bits per heavy atom. The molecule has 15 nitrogen and oxygen atoms in total. The number of aromatic hydroxyl groups is 2. The Morgan fingerprint density at radius 2 is 1.06 bits per heavy atom. The predicted molar refractivity (Wildman–Crippen MR) is 182 cm³/mol. The van der Waals surface area contributed by atoms with Crippen molar-refractivity contribution in [1.82, 2.24) is 10.9 Å². The molecular weight excluding hydrogens is 662 g/mol. The fraction of sp³-hybridized carbons (Fsp3) is 0. The van der Waals surface area contributed by atoms with Gasteiger partial charge in [-0.2, -0.15) is 10.2 Å². The maximum absolute atomic E-state index is 12.9. The molecule has 0 spiro atoms. The summed E-state index contributed by atoms with van der Waals surface area (Å²) in [4.78, 5) is 60.9. The number of nitro benzene ring substituents is 1. The van der Waals surface area contributed by atoms with Gasteiger partial charge >= 0.3 is 11.9 Å². The van der Waals surface area contributed by atoms with Crippen molar-refractivity contribution in [2.45, 2.75) is 0 Å². The zero-order valence-electron chi connectivity index (χ0n) is 26.1. The first kappa shape index (κ1) is 34.6. The number of nitro groups is 1. The summed E-state index contributed by atoms with van der Waals surface area (Å²) in [6, 6.07) is 26.9. The molecule has 0 aliphatic heterocycles. The van der Waals surface area contributed by atoms with Gasteiger partial charge in [0.2, 0.25) is 0 Å². The van der Waals surface area contributed by atoms with E-state index in [0.717, 1.165) is 12.1 Å². The molecule has 5 rings (SSSR count). The Labute approximate surface area is 288 Å². The Morgan fingerprint density at radius 1 is 0.608 bits per heavy atom. The molecule has 0 radical (unpaired) electrons. The maximum Gasteiger partial charge on any atom is 0.350 e. The highest BCUT2D eigenvalue weighted by molar-refractivity contribution is 5.99. The number of carbonyl (C=O) groups is 4. The minimum Gasteiger partial charge on any atom is -0.507 e. The number of phenols is 2. The van der Waals surface area contributed by atoms with Gasteiger partial charge in [-0.25, -0.2) is 20.4 Å². The smallest absolute Gasteiger partial charge is 0.350 e. The van der Waals surface area contributed by atoms with Gasteiger partial charge in [-0.05, 0) is 96.1 Å². The summed E-state index contributed by atoms with van der Waals surface area (Å²) < 4.78 is 10.6. The monoisotopic (exact) mass is 687 g/mol. The first-order valence-electron chi connectivity index (χ1n) is 14.7. The summed E-state index contributed by atoms with van der Waals surface area (Å²) in [6.07, 6.45) is 2.65. The van der Waals surface area contributed by atoms with Crippen molar-refractivity contribution in [2.75, 3.05) is 0 Å². The van der Waals surface area contributed by atoms with Crippen LogP contribution in [0.15, 0.2) is 125 Å². The molecule has 15 heteroatoms. The third-order valence-corrected chi connectivity index (χ3v) is 6.89. The fourth-order valence-electron chi connectivity index (χ4n) is 4.34. The second kappa shape index (κ2) is 15.9. The number of ether oxygens (including phenoxy) is 2. The number of esters is 2. The third-order valence-electron chi connectivity index (χ3n) is 6.89. The summed E-state index contributed by atoms with van der Waals surface area (Å²) in [5.74, 6) is -3.45. The van der Waals surface area contributed by atoms with Crippen LogP contribution in [-0.2, 0) is 0 Å². The second-order valence-corrected chi connectivity index (χ2v) is 10.3. The lowest BCUT2D eigenvalue weighted by molar-refractivity contribution is -0.385. The van der Waals surface area contributed by atoms with Gasteiger partial charge in [0.15, 0.2) is 0 Å². The van der Waals surface area contributed by atoms with Crippen LogP contribution in [0.5, 0.6) is 23.0 Å². The van der Waals surface area contributed by atoms with Gasteiger partial charge in [-0.15, -0.1) is 0 Å².